The van der Waals surface area contributed by atoms with E-state index < -0.39 is 11.2 Å². The number of benzene rings is 1. The van der Waals surface area contributed by atoms with Gasteiger partial charge in [-0.05, 0) is 19.1 Å². The van der Waals surface area contributed by atoms with Gasteiger partial charge in [-0.25, -0.2) is 4.79 Å². The van der Waals surface area contributed by atoms with E-state index in [9.17, 15) is 9.59 Å². The molecule has 0 spiro atoms. The summed E-state index contributed by atoms with van der Waals surface area (Å²) >= 11 is 12.4. The minimum absolute atomic E-state index is 0.0377. The predicted molar refractivity (Wildman–Crippen MR) is 94.8 cm³/mol. The minimum Gasteiger partial charge on any atom is -0.428 e. The van der Waals surface area contributed by atoms with Crippen LogP contribution in [0.2, 0.25) is 10.0 Å². The Hall–Kier alpha value is -2.51. The second kappa shape index (κ2) is 5.50. The molecular formula is C16H12Cl2N4O3. The zero-order chi connectivity index (χ0) is 17.9. The van der Waals surface area contributed by atoms with Crippen molar-refractivity contribution in [3.63, 3.8) is 0 Å². The second-order valence-corrected chi connectivity index (χ2v) is 6.53. The van der Waals surface area contributed by atoms with Gasteiger partial charge in [-0.1, -0.05) is 29.3 Å². The molecule has 0 amide bonds. The molecule has 0 atom stereocenters. The lowest BCUT2D eigenvalue weighted by Gasteiger charge is -2.10. The van der Waals surface area contributed by atoms with Crippen molar-refractivity contribution in [1.82, 2.24) is 18.5 Å². The third kappa shape index (κ3) is 2.31. The van der Waals surface area contributed by atoms with Crippen molar-refractivity contribution < 1.29 is 4.42 Å². The van der Waals surface area contributed by atoms with E-state index in [1.165, 1.54) is 8.97 Å². The number of fused-ring (bicyclic) bond motifs is 3. The quantitative estimate of drug-likeness (QED) is 0.537. The van der Waals surface area contributed by atoms with Crippen LogP contribution in [0, 0.1) is 6.92 Å². The highest BCUT2D eigenvalue weighted by atomic mass is 35.5. The summed E-state index contributed by atoms with van der Waals surface area (Å²) in [6.45, 7) is 1.72. The van der Waals surface area contributed by atoms with Crippen LogP contribution in [0.5, 0.6) is 0 Å². The van der Waals surface area contributed by atoms with Crippen molar-refractivity contribution in [2.45, 2.75) is 13.5 Å². The first-order chi connectivity index (χ1) is 11.9. The van der Waals surface area contributed by atoms with Crippen LogP contribution in [0.1, 0.15) is 11.3 Å². The number of halogens is 2. The Kier molecular flexibility index (Phi) is 3.52. The SMILES string of the molecule is Cc1cn2c(nc3c2c(=O)n(Cc2c(Cl)cccc2Cl)c(=O)n3C)o1. The summed E-state index contributed by atoms with van der Waals surface area (Å²) < 4.78 is 9.38. The molecule has 3 aromatic heterocycles. The highest BCUT2D eigenvalue weighted by Crippen LogP contribution is 2.24. The maximum Gasteiger partial charge on any atom is 0.332 e. The molecule has 1 aromatic carbocycles. The van der Waals surface area contributed by atoms with Crippen molar-refractivity contribution in [3.8, 4) is 0 Å². The monoisotopic (exact) mass is 378 g/mol. The smallest absolute Gasteiger partial charge is 0.332 e. The van der Waals surface area contributed by atoms with Gasteiger partial charge < -0.3 is 4.42 Å². The van der Waals surface area contributed by atoms with E-state index in [1.807, 2.05) is 0 Å². The number of nitrogens with zero attached hydrogens (tertiary/aromatic N) is 4. The zero-order valence-electron chi connectivity index (χ0n) is 13.3. The number of imidazole rings is 1. The van der Waals surface area contributed by atoms with Crippen molar-refractivity contribution >= 4 is 40.2 Å². The lowest BCUT2D eigenvalue weighted by molar-refractivity contribution is 0.563. The second-order valence-electron chi connectivity index (χ2n) is 5.71. The topological polar surface area (TPSA) is 74.4 Å². The maximum atomic E-state index is 13.0. The molecule has 25 heavy (non-hydrogen) atoms. The molecule has 4 aromatic rings. The number of hydrogen-bond acceptors (Lipinski definition) is 4. The molecule has 4 rings (SSSR count). The molecule has 0 aliphatic carbocycles. The Morgan fingerprint density at radius 1 is 1.20 bits per heavy atom. The van der Waals surface area contributed by atoms with E-state index >= 15 is 0 Å². The number of rotatable bonds is 2. The molecule has 0 saturated carbocycles. The lowest BCUT2D eigenvalue weighted by atomic mass is 10.2. The summed E-state index contributed by atoms with van der Waals surface area (Å²) in [5.41, 5.74) is 0.0363. The van der Waals surface area contributed by atoms with Gasteiger partial charge in [0, 0.05) is 22.7 Å². The van der Waals surface area contributed by atoms with Crippen LogP contribution in [0.25, 0.3) is 17.0 Å². The molecule has 0 fully saturated rings. The normalized spacial score (nSPS) is 11.7. The summed E-state index contributed by atoms with van der Waals surface area (Å²) in [6, 6.07) is 5.02. The fourth-order valence-corrected chi connectivity index (χ4v) is 3.36. The molecule has 128 valence electrons. The molecule has 7 nitrogen and oxygen atoms in total. The third-order valence-electron chi connectivity index (χ3n) is 4.08. The summed E-state index contributed by atoms with van der Waals surface area (Å²) in [6.07, 6.45) is 1.66. The van der Waals surface area contributed by atoms with Crippen LogP contribution in [0.4, 0.5) is 0 Å². The average Bonchev–Trinajstić information content (AvgIpc) is 3.07. The van der Waals surface area contributed by atoms with Gasteiger partial charge >= 0.3 is 11.5 Å². The van der Waals surface area contributed by atoms with Gasteiger partial charge in [0.1, 0.15) is 5.76 Å². The minimum atomic E-state index is -0.508. The zero-order valence-corrected chi connectivity index (χ0v) is 14.8. The number of aryl methyl sites for hydroxylation is 2. The highest BCUT2D eigenvalue weighted by molar-refractivity contribution is 6.35. The molecule has 0 radical (unpaired) electrons. The molecule has 0 N–H and O–H groups in total. The largest absolute Gasteiger partial charge is 0.428 e. The fourth-order valence-electron chi connectivity index (χ4n) is 2.84. The van der Waals surface area contributed by atoms with Crippen molar-refractivity contribution in [1.29, 1.82) is 0 Å². The van der Waals surface area contributed by atoms with Gasteiger partial charge in [0.15, 0.2) is 11.2 Å². The first-order valence-electron chi connectivity index (χ1n) is 7.39. The Labute approximate surface area is 150 Å². The Balaban J connectivity index is 2.05. The molecule has 0 saturated heterocycles. The summed E-state index contributed by atoms with van der Waals surface area (Å²) in [7, 11) is 1.55. The van der Waals surface area contributed by atoms with Crippen molar-refractivity contribution in [3.05, 3.63) is 66.6 Å². The maximum absolute atomic E-state index is 13.0. The lowest BCUT2D eigenvalue weighted by Crippen LogP contribution is -2.39. The Morgan fingerprint density at radius 2 is 1.88 bits per heavy atom. The van der Waals surface area contributed by atoms with Crippen LogP contribution in [-0.2, 0) is 13.6 Å². The van der Waals surface area contributed by atoms with Crippen LogP contribution in [-0.4, -0.2) is 18.5 Å². The predicted octanol–water partition coefficient (Wildman–Crippen LogP) is 2.60. The van der Waals surface area contributed by atoms with Gasteiger partial charge in [-0.15, -0.1) is 0 Å². The van der Waals surface area contributed by atoms with Crippen molar-refractivity contribution in [2.24, 2.45) is 7.05 Å². The van der Waals surface area contributed by atoms with E-state index in [0.717, 1.165) is 4.57 Å². The van der Waals surface area contributed by atoms with Crippen LogP contribution in [0.15, 0.2) is 38.4 Å². The van der Waals surface area contributed by atoms with E-state index in [2.05, 4.69) is 4.98 Å². The van der Waals surface area contributed by atoms with Crippen molar-refractivity contribution in [2.75, 3.05) is 0 Å². The molecule has 0 aliphatic rings. The molecule has 0 aliphatic heterocycles. The third-order valence-corrected chi connectivity index (χ3v) is 4.79. The van der Waals surface area contributed by atoms with Gasteiger partial charge in [0.2, 0.25) is 0 Å². The average molecular weight is 379 g/mol. The fraction of sp³-hybridized carbons (Fsp3) is 0.188. The van der Waals surface area contributed by atoms with Gasteiger partial charge in [-0.2, -0.15) is 4.98 Å². The van der Waals surface area contributed by atoms with E-state index in [1.54, 1.807) is 38.4 Å². The van der Waals surface area contributed by atoms with Crippen LogP contribution in [0.3, 0.4) is 0 Å². The standard InChI is InChI=1S/C16H12Cl2N4O3/c1-8-6-21-12-13(19-15(21)25-8)20(2)16(24)22(14(12)23)7-9-10(17)4-3-5-11(9)18/h3-6H,7H2,1-2H3. The van der Waals surface area contributed by atoms with Gasteiger partial charge in [0.05, 0.1) is 12.7 Å². The van der Waals surface area contributed by atoms with E-state index in [4.69, 9.17) is 27.6 Å². The van der Waals surface area contributed by atoms with Crippen LogP contribution < -0.4 is 11.2 Å². The number of hydrogen-bond donors (Lipinski definition) is 0. The van der Waals surface area contributed by atoms with E-state index in [0.29, 0.717) is 21.4 Å². The van der Waals surface area contributed by atoms with Gasteiger partial charge in [-0.3, -0.25) is 18.3 Å². The molecule has 3 heterocycles. The highest BCUT2D eigenvalue weighted by Gasteiger charge is 2.20. The molecule has 0 bridgehead atoms. The first-order valence-corrected chi connectivity index (χ1v) is 8.15. The first kappa shape index (κ1) is 16.0. The molecule has 9 heteroatoms. The van der Waals surface area contributed by atoms with Crippen LogP contribution >= 0.6 is 23.2 Å². The summed E-state index contributed by atoms with van der Waals surface area (Å²) in [5, 5.41) is 0.776. The van der Waals surface area contributed by atoms with Gasteiger partial charge in [0.25, 0.3) is 5.56 Å². The molecular weight excluding hydrogens is 367 g/mol. The Morgan fingerprint density at radius 3 is 2.56 bits per heavy atom. The summed E-state index contributed by atoms with van der Waals surface area (Å²) in [5.74, 6) is 0.867. The molecule has 0 unspecified atom stereocenters. The number of oxazole rings is 1. The summed E-state index contributed by atoms with van der Waals surface area (Å²) in [4.78, 5) is 29.9. The van der Waals surface area contributed by atoms with E-state index in [-0.39, 0.29) is 23.6 Å². The Bertz CT molecular complexity index is 1240. The number of aromatic nitrogens is 4.